The van der Waals surface area contributed by atoms with Gasteiger partial charge in [0.15, 0.2) is 0 Å². The van der Waals surface area contributed by atoms with Crippen LogP contribution < -0.4 is 0 Å². The van der Waals surface area contributed by atoms with Crippen LogP contribution in [0.4, 0.5) is 0 Å². The second-order valence-electron chi connectivity index (χ2n) is 16.4. The van der Waals surface area contributed by atoms with Crippen LogP contribution in [0.15, 0.2) is 169 Å². The van der Waals surface area contributed by atoms with E-state index in [1.165, 1.54) is 97.4 Å². The van der Waals surface area contributed by atoms with Gasteiger partial charge in [-0.05, 0) is 143 Å². The third kappa shape index (κ3) is 5.50. The lowest BCUT2D eigenvalue weighted by molar-refractivity contribution is 0.443. The quantitative estimate of drug-likeness (QED) is 0.168. The third-order valence-electron chi connectivity index (χ3n) is 13.5. The highest BCUT2D eigenvalue weighted by Crippen LogP contribution is 2.50. The molecule has 1 nitrogen and oxygen atoms in total. The number of nitrogens with zero attached hydrogens (tertiary/aromatic N) is 1. The predicted molar refractivity (Wildman–Crippen MR) is 234 cm³/mol. The minimum Gasteiger partial charge on any atom is -0.313 e. The van der Waals surface area contributed by atoms with Crippen LogP contribution in [0.5, 0.6) is 0 Å². The molecule has 268 valence electrons. The van der Waals surface area contributed by atoms with Gasteiger partial charge in [0.2, 0.25) is 0 Å². The zero-order chi connectivity index (χ0) is 36.3. The van der Waals surface area contributed by atoms with Crippen molar-refractivity contribution in [2.45, 2.75) is 63.7 Å². The Morgan fingerprint density at radius 3 is 2.35 bits per heavy atom. The van der Waals surface area contributed by atoms with Gasteiger partial charge in [-0.25, -0.2) is 0 Å². The molecule has 1 heterocycles. The second-order valence-corrected chi connectivity index (χ2v) is 16.4. The normalized spacial score (nSPS) is 21.9. The van der Waals surface area contributed by atoms with Gasteiger partial charge in [0.25, 0.3) is 0 Å². The van der Waals surface area contributed by atoms with E-state index in [0.717, 1.165) is 32.1 Å². The van der Waals surface area contributed by atoms with Crippen molar-refractivity contribution in [2.24, 2.45) is 11.8 Å². The van der Waals surface area contributed by atoms with Gasteiger partial charge in [0.1, 0.15) is 0 Å². The highest BCUT2D eigenvalue weighted by Gasteiger charge is 2.34. The Balaban J connectivity index is 1.12. The average molecular weight is 710 g/mol. The molecule has 55 heavy (non-hydrogen) atoms. The Kier molecular flexibility index (Phi) is 8.08. The summed E-state index contributed by atoms with van der Waals surface area (Å²) in [5, 5.41) is 5.65. The van der Waals surface area contributed by atoms with Gasteiger partial charge in [-0.2, -0.15) is 0 Å². The Morgan fingerprint density at radius 2 is 1.49 bits per heavy atom. The Labute approximate surface area is 325 Å². The molecule has 0 bridgehead atoms. The van der Waals surface area contributed by atoms with Gasteiger partial charge >= 0.3 is 0 Å². The van der Waals surface area contributed by atoms with E-state index in [4.69, 9.17) is 0 Å². The maximum absolute atomic E-state index is 2.67. The summed E-state index contributed by atoms with van der Waals surface area (Å²) in [6, 6.07) is 37.4. The van der Waals surface area contributed by atoms with E-state index in [9.17, 15) is 0 Å². The van der Waals surface area contributed by atoms with E-state index in [-0.39, 0.29) is 0 Å². The van der Waals surface area contributed by atoms with Crippen molar-refractivity contribution >= 4 is 43.8 Å². The van der Waals surface area contributed by atoms with Gasteiger partial charge in [-0.15, -0.1) is 0 Å². The molecule has 0 aliphatic heterocycles. The van der Waals surface area contributed by atoms with Crippen LogP contribution in [0, 0.1) is 11.8 Å². The first-order chi connectivity index (χ1) is 27.3. The molecule has 1 heteroatoms. The molecule has 0 spiro atoms. The van der Waals surface area contributed by atoms with E-state index < -0.39 is 0 Å². The van der Waals surface area contributed by atoms with E-state index in [1.54, 1.807) is 16.7 Å². The highest BCUT2D eigenvalue weighted by atomic mass is 15.0. The van der Waals surface area contributed by atoms with Crippen LogP contribution in [0.25, 0.3) is 55.0 Å². The fourth-order valence-corrected chi connectivity index (χ4v) is 10.9. The first-order valence-corrected chi connectivity index (χ1v) is 20.8. The fraction of sp³-hybridized carbons (Fsp3) is 0.222. The van der Waals surface area contributed by atoms with Crippen LogP contribution in [-0.4, -0.2) is 4.57 Å². The molecule has 11 rings (SSSR count). The van der Waals surface area contributed by atoms with Gasteiger partial charge in [0.05, 0.1) is 11.0 Å². The lowest BCUT2D eigenvalue weighted by atomic mass is 9.70. The number of fused-ring (bicyclic) bond motifs is 8. The second kappa shape index (κ2) is 13.6. The molecule has 3 unspecified atom stereocenters. The average Bonchev–Trinajstić information content (AvgIpc) is 3.60. The molecule has 5 aromatic carbocycles. The summed E-state index contributed by atoms with van der Waals surface area (Å²) in [5.74, 6) is 1.51. The molecule has 0 saturated heterocycles. The Hall–Kier alpha value is -5.66. The molecular weight excluding hydrogens is 663 g/mol. The molecule has 3 atom stereocenters. The van der Waals surface area contributed by atoms with Crippen LogP contribution in [0.3, 0.4) is 0 Å². The smallest absolute Gasteiger partial charge is 0.0544 e. The summed E-state index contributed by atoms with van der Waals surface area (Å²) in [5.41, 5.74) is 17.3. The predicted octanol–water partition coefficient (Wildman–Crippen LogP) is 14.3. The summed E-state index contributed by atoms with van der Waals surface area (Å²) in [6.07, 6.45) is 33.7. The first kappa shape index (κ1) is 32.7. The van der Waals surface area contributed by atoms with E-state index in [1.807, 2.05) is 0 Å². The molecule has 0 radical (unpaired) electrons. The molecule has 0 N–H and O–H groups in total. The Bertz CT molecular complexity index is 2720. The summed E-state index contributed by atoms with van der Waals surface area (Å²) in [4.78, 5) is 0. The number of para-hydroxylation sites is 1. The van der Waals surface area contributed by atoms with Crippen LogP contribution in [0.1, 0.15) is 73.1 Å². The molecule has 5 aliphatic carbocycles. The monoisotopic (exact) mass is 709 g/mol. The van der Waals surface area contributed by atoms with E-state index >= 15 is 0 Å². The van der Waals surface area contributed by atoms with Crippen LogP contribution in [0.2, 0.25) is 0 Å². The zero-order valence-electron chi connectivity index (χ0n) is 31.6. The zero-order valence-corrected chi connectivity index (χ0v) is 31.6. The summed E-state index contributed by atoms with van der Waals surface area (Å²) < 4.78 is 2.67. The SMILES string of the molecule is C1=CCCC(C2CCC(n3c4ccccc4c4c5c6c(c(-c7ccc(C8=CCCC=C8)cc7)cc5ccc43)CC(c3ccccc3)CC6)=C3C=CC=CC32)=C1. The topological polar surface area (TPSA) is 4.93 Å². The first-order valence-electron chi connectivity index (χ1n) is 20.8. The van der Waals surface area contributed by atoms with Crippen molar-refractivity contribution in [3.63, 3.8) is 0 Å². The van der Waals surface area contributed by atoms with E-state index in [2.05, 4.69) is 162 Å². The molecule has 1 aromatic heterocycles. The summed E-state index contributed by atoms with van der Waals surface area (Å²) in [7, 11) is 0. The number of aromatic nitrogens is 1. The van der Waals surface area contributed by atoms with Crippen molar-refractivity contribution in [2.75, 3.05) is 0 Å². The minimum absolute atomic E-state index is 0.422. The lowest BCUT2D eigenvalue weighted by Crippen LogP contribution is -2.25. The van der Waals surface area contributed by atoms with Gasteiger partial charge in [-0.1, -0.05) is 145 Å². The van der Waals surface area contributed by atoms with Crippen molar-refractivity contribution in [1.29, 1.82) is 0 Å². The van der Waals surface area contributed by atoms with Crippen molar-refractivity contribution < 1.29 is 0 Å². The molecule has 0 fully saturated rings. The van der Waals surface area contributed by atoms with Crippen molar-refractivity contribution in [1.82, 2.24) is 4.57 Å². The molecule has 0 amide bonds. The van der Waals surface area contributed by atoms with Crippen LogP contribution in [-0.2, 0) is 12.8 Å². The van der Waals surface area contributed by atoms with E-state index in [0.29, 0.717) is 17.8 Å². The third-order valence-corrected chi connectivity index (χ3v) is 13.5. The molecule has 6 aromatic rings. The number of hydrogen-bond acceptors (Lipinski definition) is 0. The summed E-state index contributed by atoms with van der Waals surface area (Å²) >= 11 is 0. The number of allylic oxidation sites excluding steroid dienone is 14. The molecular formula is C54H47N. The van der Waals surface area contributed by atoms with Crippen molar-refractivity contribution in [3.8, 4) is 11.1 Å². The summed E-state index contributed by atoms with van der Waals surface area (Å²) in [6.45, 7) is 0. The molecule has 0 saturated carbocycles. The lowest BCUT2D eigenvalue weighted by Gasteiger charge is -2.37. The van der Waals surface area contributed by atoms with Gasteiger partial charge in [-0.3, -0.25) is 0 Å². The number of rotatable bonds is 5. The fourth-order valence-electron chi connectivity index (χ4n) is 10.9. The minimum atomic E-state index is 0.422. The highest BCUT2D eigenvalue weighted by molar-refractivity contribution is 6.23. The van der Waals surface area contributed by atoms with Gasteiger partial charge in [0, 0.05) is 22.4 Å². The Morgan fingerprint density at radius 1 is 0.618 bits per heavy atom. The number of hydrogen-bond donors (Lipinski definition) is 0. The number of benzene rings is 5. The maximum Gasteiger partial charge on any atom is 0.0544 e. The van der Waals surface area contributed by atoms with Crippen LogP contribution >= 0.6 is 0 Å². The van der Waals surface area contributed by atoms with Gasteiger partial charge < -0.3 is 4.57 Å². The number of aryl methyl sites for hydroxylation is 1. The largest absolute Gasteiger partial charge is 0.313 e. The standard InChI is InChI=1S/C54H47N/c1-4-14-36(15-5-1)38-24-26-40(27-25-38)48-35-42-29-32-52-54(53(42)46-30-28-41(34-49(46)48)37-16-6-2-7-17-37)47-22-12-13-23-50(47)55(52)51-33-31-43(39-18-8-3-9-19-39)44-20-10-11-21-45(44)51/h2-4,6-8,10-18,20-27,29,32,35,41,43-44H,1,5,9,19,28,30-31,33-34H2. The maximum atomic E-state index is 2.67. The molecule has 5 aliphatic rings. The van der Waals surface area contributed by atoms with Crippen molar-refractivity contribution in [3.05, 3.63) is 191 Å².